The summed E-state index contributed by atoms with van der Waals surface area (Å²) in [6.07, 6.45) is 0.663. The number of rotatable bonds is 3. The van der Waals surface area contributed by atoms with Crippen molar-refractivity contribution in [1.29, 1.82) is 0 Å². The lowest BCUT2D eigenvalue weighted by atomic mass is 9.74. The second-order valence-corrected chi connectivity index (χ2v) is 7.82. The molecular formula is C24H20F3NO2. The number of aromatic nitrogens is 1. The SMILES string of the molecule is COc1cncc2c1C1CC[C@@H](c3ccccc3)C1(c1ccc(C(F)(F)F)cc1)O2. The van der Waals surface area contributed by atoms with Crippen molar-refractivity contribution < 1.29 is 22.6 Å². The molecule has 0 saturated heterocycles. The Morgan fingerprint density at radius 3 is 2.33 bits per heavy atom. The summed E-state index contributed by atoms with van der Waals surface area (Å²) in [6, 6.07) is 15.4. The maximum Gasteiger partial charge on any atom is 0.416 e. The van der Waals surface area contributed by atoms with E-state index in [1.807, 2.05) is 18.2 Å². The van der Waals surface area contributed by atoms with Crippen molar-refractivity contribution >= 4 is 0 Å². The Bertz CT molecular complexity index is 1070. The van der Waals surface area contributed by atoms with E-state index in [0.717, 1.165) is 41.7 Å². The van der Waals surface area contributed by atoms with E-state index in [-0.39, 0.29) is 11.8 Å². The van der Waals surface area contributed by atoms with E-state index in [4.69, 9.17) is 9.47 Å². The van der Waals surface area contributed by atoms with E-state index < -0.39 is 17.3 Å². The monoisotopic (exact) mass is 411 g/mol. The Hall–Kier alpha value is -3.02. The van der Waals surface area contributed by atoms with Crippen molar-refractivity contribution in [3.63, 3.8) is 0 Å². The van der Waals surface area contributed by atoms with Crippen molar-refractivity contribution in [2.45, 2.75) is 36.5 Å². The van der Waals surface area contributed by atoms with E-state index >= 15 is 0 Å². The van der Waals surface area contributed by atoms with Gasteiger partial charge >= 0.3 is 6.18 Å². The molecule has 0 bridgehead atoms. The molecule has 30 heavy (non-hydrogen) atoms. The van der Waals surface area contributed by atoms with Crippen LogP contribution in [0.3, 0.4) is 0 Å². The van der Waals surface area contributed by atoms with Crippen molar-refractivity contribution in [2.75, 3.05) is 7.11 Å². The minimum atomic E-state index is -4.38. The van der Waals surface area contributed by atoms with Crippen LogP contribution in [-0.4, -0.2) is 12.1 Å². The largest absolute Gasteiger partial charge is 0.495 e. The molecule has 1 aliphatic carbocycles. The fourth-order valence-electron chi connectivity index (χ4n) is 5.19. The number of halogens is 3. The van der Waals surface area contributed by atoms with Gasteiger partial charge in [-0.05, 0) is 36.1 Å². The number of ether oxygens (including phenoxy) is 2. The number of nitrogens with zero attached hydrogens (tertiary/aromatic N) is 1. The van der Waals surface area contributed by atoms with Gasteiger partial charge in [-0.2, -0.15) is 13.2 Å². The fourth-order valence-corrected chi connectivity index (χ4v) is 5.19. The van der Waals surface area contributed by atoms with Gasteiger partial charge in [-0.3, -0.25) is 4.98 Å². The normalized spacial score (nSPS) is 24.8. The summed E-state index contributed by atoms with van der Waals surface area (Å²) >= 11 is 0. The summed E-state index contributed by atoms with van der Waals surface area (Å²) in [5.74, 6) is 1.25. The molecule has 0 N–H and O–H groups in total. The van der Waals surface area contributed by atoms with Crippen molar-refractivity contribution in [1.82, 2.24) is 4.98 Å². The van der Waals surface area contributed by atoms with Gasteiger partial charge in [-0.25, -0.2) is 0 Å². The minimum Gasteiger partial charge on any atom is -0.495 e. The number of alkyl halides is 3. The van der Waals surface area contributed by atoms with Crippen molar-refractivity contribution in [3.8, 4) is 11.5 Å². The quantitative estimate of drug-likeness (QED) is 0.525. The summed E-state index contributed by atoms with van der Waals surface area (Å²) in [4.78, 5) is 4.22. The first-order valence-electron chi connectivity index (χ1n) is 9.88. The predicted octanol–water partition coefficient (Wildman–Crippen LogP) is 6.06. The Labute approximate surface area is 172 Å². The third kappa shape index (κ3) is 2.70. The third-order valence-corrected chi connectivity index (χ3v) is 6.41. The van der Waals surface area contributed by atoms with Crippen LogP contribution < -0.4 is 9.47 Å². The molecule has 2 aliphatic rings. The highest BCUT2D eigenvalue weighted by atomic mass is 19.4. The third-order valence-electron chi connectivity index (χ3n) is 6.41. The van der Waals surface area contributed by atoms with Crippen LogP contribution in [0.5, 0.6) is 11.5 Å². The molecule has 2 aromatic carbocycles. The molecule has 0 amide bonds. The first-order chi connectivity index (χ1) is 14.4. The Kier molecular flexibility index (Phi) is 4.27. The molecule has 0 spiro atoms. The lowest BCUT2D eigenvalue weighted by molar-refractivity contribution is -0.137. The van der Waals surface area contributed by atoms with Crippen LogP contribution in [-0.2, 0) is 11.8 Å². The zero-order valence-corrected chi connectivity index (χ0v) is 16.3. The Morgan fingerprint density at radius 2 is 1.67 bits per heavy atom. The number of methoxy groups -OCH3 is 1. The molecule has 2 heterocycles. The van der Waals surface area contributed by atoms with Crippen LogP contribution >= 0.6 is 0 Å². The van der Waals surface area contributed by atoms with Crippen LogP contribution in [0.4, 0.5) is 13.2 Å². The van der Waals surface area contributed by atoms with Gasteiger partial charge in [0.25, 0.3) is 0 Å². The first kappa shape index (κ1) is 19.0. The Morgan fingerprint density at radius 1 is 0.967 bits per heavy atom. The molecule has 0 radical (unpaired) electrons. The highest BCUT2D eigenvalue weighted by molar-refractivity contribution is 5.55. The van der Waals surface area contributed by atoms with Gasteiger partial charge in [0.2, 0.25) is 0 Å². The van der Waals surface area contributed by atoms with Gasteiger partial charge in [0, 0.05) is 17.4 Å². The van der Waals surface area contributed by atoms with Crippen LogP contribution in [0.15, 0.2) is 67.0 Å². The molecule has 2 unspecified atom stereocenters. The molecular weight excluding hydrogens is 391 g/mol. The highest BCUT2D eigenvalue weighted by Gasteiger charge is 2.60. The Balaban J connectivity index is 1.69. The van der Waals surface area contributed by atoms with Crippen molar-refractivity contribution in [3.05, 3.63) is 89.2 Å². The number of pyridine rings is 1. The van der Waals surface area contributed by atoms with E-state index in [9.17, 15) is 13.2 Å². The average molecular weight is 411 g/mol. The topological polar surface area (TPSA) is 31.4 Å². The molecule has 154 valence electrons. The molecule has 3 atom stereocenters. The molecule has 1 aliphatic heterocycles. The van der Waals surface area contributed by atoms with Gasteiger partial charge in [-0.15, -0.1) is 0 Å². The van der Waals surface area contributed by atoms with Gasteiger partial charge in [0.1, 0.15) is 17.1 Å². The van der Waals surface area contributed by atoms with Crippen molar-refractivity contribution in [2.24, 2.45) is 0 Å². The van der Waals surface area contributed by atoms with Gasteiger partial charge in [0.05, 0.1) is 25.1 Å². The predicted molar refractivity (Wildman–Crippen MR) is 106 cm³/mol. The molecule has 3 nitrogen and oxygen atoms in total. The van der Waals surface area contributed by atoms with Gasteiger partial charge in [-0.1, -0.05) is 42.5 Å². The smallest absolute Gasteiger partial charge is 0.416 e. The molecule has 1 saturated carbocycles. The molecule has 1 aromatic heterocycles. The molecule has 5 rings (SSSR count). The lowest BCUT2D eigenvalue weighted by Gasteiger charge is -2.36. The van der Waals surface area contributed by atoms with E-state index in [0.29, 0.717) is 11.5 Å². The zero-order chi connectivity index (χ0) is 20.9. The summed E-state index contributed by atoms with van der Waals surface area (Å²) < 4.78 is 51.7. The molecule has 1 fully saturated rings. The van der Waals surface area contributed by atoms with Gasteiger partial charge in [0.15, 0.2) is 0 Å². The van der Waals surface area contributed by atoms with E-state index in [1.165, 1.54) is 0 Å². The van der Waals surface area contributed by atoms with Crippen LogP contribution in [0, 0.1) is 0 Å². The number of benzene rings is 2. The highest BCUT2D eigenvalue weighted by Crippen LogP contribution is 2.65. The van der Waals surface area contributed by atoms with E-state index in [2.05, 4.69) is 17.1 Å². The second kappa shape index (κ2) is 6.76. The van der Waals surface area contributed by atoms with E-state index in [1.54, 1.807) is 31.6 Å². The number of fused-ring (bicyclic) bond motifs is 3. The fraction of sp³-hybridized carbons (Fsp3) is 0.292. The minimum absolute atomic E-state index is 0.00228. The summed E-state index contributed by atoms with van der Waals surface area (Å²) in [5, 5.41) is 0. The maximum absolute atomic E-state index is 13.2. The lowest BCUT2D eigenvalue weighted by Crippen LogP contribution is -2.37. The molecule has 3 aromatic rings. The average Bonchev–Trinajstić information content (AvgIpc) is 3.28. The van der Waals surface area contributed by atoms with Crippen LogP contribution in [0.2, 0.25) is 0 Å². The second-order valence-electron chi connectivity index (χ2n) is 7.82. The van der Waals surface area contributed by atoms with Gasteiger partial charge < -0.3 is 9.47 Å². The molecule has 6 heteroatoms. The van der Waals surface area contributed by atoms with Crippen LogP contribution in [0.25, 0.3) is 0 Å². The summed E-state index contributed by atoms with van der Waals surface area (Å²) in [5.41, 5.74) is 1.34. The number of hydrogen-bond acceptors (Lipinski definition) is 3. The maximum atomic E-state index is 13.2. The zero-order valence-electron chi connectivity index (χ0n) is 16.3. The summed E-state index contributed by atoms with van der Waals surface area (Å²) in [7, 11) is 1.60. The number of hydrogen-bond donors (Lipinski definition) is 0. The standard InChI is InChI=1S/C24H20F3NO2/c1-29-20-13-28-14-21-22(20)19-12-11-18(15-5-3-2-4-6-15)23(19,30-21)16-7-9-17(10-8-16)24(25,26)27/h2-10,13-14,18-19H,11-12H2,1H3/t18-,19?,23?/m0/s1. The summed E-state index contributed by atoms with van der Waals surface area (Å²) in [6.45, 7) is 0. The first-order valence-corrected chi connectivity index (χ1v) is 9.88. The van der Waals surface area contributed by atoms with Crippen LogP contribution in [0.1, 0.15) is 46.9 Å².